The first kappa shape index (κ1) is 31.4. The standard InChI is InChI=1S/C35H41F3N8O2/c1-20(30-24(36)9-13-45(30)2)47-27-15-26(46-14-12-41-33(19-46)17-35(37,38)18-33)42-32(43-27)29-22-6-4-11-34(31(22)48-44-29)10-3-5-21-7-8-25(40)23(16-39)28(21)34/h7-8,15,20,24,30,41H,3-6,9-14,17-19,40H2,1-2H3/t20-,24-,30+,34+/m0/s1. The number of halogens is 3. The number of hydrogen-bond donors (Lipinski definition) is 2. The number of nitrogens with zero attached hydrogens (tertiary/aromatic N) is 6. The number of likely N-dealkylation sites (N-methyl/N-ethyl adjacent to an activating group) is 1. The maximum Gasteiger partial charge on any atom is 0.251 e. The highest BCUT2D eigenvalue weighted by molar-refractivity contribution is 5.67. The van der Waals surface area contributed by atoms with Gasteiger partial charge in [0.1, 0.15) is 24.2 Å². The number of aryl methyl sites for hydroxylation is 1. The Kier molecular flexibility index (Phi) is 7.41. The summed E-state index contributed by atoms with van der Waals surface area (Å²) < 4.78 is 55.7. The van der Waals surface area contributed by atoms with E-state index >= 15 is 0 Å². The first-order chi connectivity index (χ1) is 23.0. The van der Waals surface area contributed by atoms with E-state index in [-0.39, 0.29) is 18.7 Å². The molecule has 254 valence electrons. The molecule has 0 unspecified atom stereocenters. The summed E-state index contributed by atoms with van der Waals surface area (Å²) in [4.78, 5) is 13.8. The largest absolute Gasteiger partial charge is 0.473 e. The third kappa shape index (κ3) is 5.02. The summed E-state index contributed by atoms with van der Waals surface area (Å²) >= 11 is 0. The van der Waals surface area contributed by atoms with Crippen molar-refractivity contribution < 1.29 is 22.4 Å². The molecule has 0 bridgehead atoms. The van der Waals surface area contributed by atoms with Crippen molar-refractivity contribution in [2.75, 3.05) is 43.9 Å². The number of nitrogens with one attached hydrogen (secondary N) is 1. The number of nitrogens with two attached hydrogens (primary N) is 1. The van der Waals surface area contributed by atoms with Crippen molar-refractivity contribution in [1.29, 1.82) is 5.26 Å². The van der Waals surface area contributed by atoms with Gasteiger partial charge in [-0.1, -0.05) is 11.2 Å². The fourth-order valence-electron chi connectivity index (χ4n) is 9.40. The quantitative estimate of drug-likeness (QED) is 0.363. The maximum atomic E-state index is 14.9. The Morgan fingerprint density at radius 1 is 1.17 bits per heavy atom. The Hall–Kier alpha value is -3.89. The van der Waals surface area contributed by atoms with E-state index in [2.05, 4.69) is 16.5 Å². The number of benzene rings is 1. The summed E-state index contributed by atoms with van der Waals surface area (Å²) in [6.07, 6.45) is 3.41. The zero-order chi connectivity index (χ0) is 33.4. The molecular weight excluding hydrogens is 621 g/mol. The summed E-state index contributed by atoms with van der Waals surface area (Å²) in [6, 6.07) is 7.50. The van der Waals surface area contributed by atoms with E-state index < -0.39 is 35.2 Å². The van der Waals surface area contributed by atoms with E-state index in [0.717, 1.165) is 54.6 Å². The molecule has 3 aromatic rings. The van der Waals surface area contributed by atoms with Crippen LogP contribution in [0.5, 0.6) is 5.88 Å². The van der Waals surface area contributed by atoms with Crippen LogP contribution in [0.4, 0.5) is 24.7 Å². The summed E-state index contributed by atoms with van der Waals surface area (Å²) in [7, 11) is 1.89. The van der Waals surface area contributed by atoms with Crippen molar-refractivity contribution >= 4 is 11.5 Å². The minimum absolute atomic E-state index is 0.226. The van der Waals surface area contributed by atoms with Crippen LogP contribution < -0.4 is 20.7 Å². The Morgan fingerprint density at radius 2 is 1.96 bits per heavy atom. The van der Waals surface area contributed by atoms with Gasteiger partial charge in [0.2, 0.25) is 5.88 Å². The predicted molar refractivity (Wildman–Crippen MR) is 173 cm³/mol. The van der Waals surface area contributed by atoms with Gasteiger partial charge in [-0.3, -0.25) is 4.90 Å². The first-order valence-electron chi connectivity index (χ1n) is 17.1. The SMILES string of the molecule is C[C@H](Oc1cc(N2CCNC3(C2)CC(F)(F)C3)nc(-c2noc3c2CCC[C@@]32CCCc3ccc(N)c(C#N)c32)n1)[C@@H]1[C@@H](F)CCN1C. The van der Waals surface area contributed by atoms with Crippen LogP contribution in [0, 0.1) is 11.3 Å². The summed E-state index contributed by atoms with van der Waals surface area (Å²) in [6.45, 7) is 3.94. The van der Waals surface area contributed by atoms with Crippen molar-refractivity contribution in [2.24, 2.45) is 0 Å². The monoisotopic (exact) mass is 662 g/mol. The van der Waals surface area contributed by atoms with Gasteiger partial charge in [0.15, 0.2) is 17.3 Å². The molecule has 4 atom stereocenters. The highest BCUT2D eigenvalue weighted by atomic mass is 19.3. The average Bonchev–Trinajstić information content (AvgIpc) is 3.63. The number of alkyl halides is 3. The lowest BCUT2D eigenvalue weighted by molar-refractivity contribution is -0.133. The van der Waals surface area contributed by atoms with E-state index in [9.17, 15) is 18.4 Å². The molecule has 2 aliphatic heterocycles. The van der Waals surface area contributed by atoms with Crippen LogP contribution in [0.25, 0.3) is 11.5 Å². The van der Waals surface area contributed by atoms with E-state index in [1.54, 1.807) is 6.07 Å². The van der Waals surface area contributed by atoms with E-state index in [1.807, 2.05) is 35.9 Å². The van der Waals surface area contributed by atoms with Gasteiger partial charge in [-0.05, 0) is 76.1 Å². The molecule has 3 fully saturated rings. The van der Waals surface area contributed by atoms with Gasteiger partial charge in [-0.25, -0.2) is 18.2 Å². The van der Waals surface area contributed by atoms with Gasteiger partial charge in [-0.15, -0.1) is 0 Å². The molecule has 2 spiro atoms. The fraction of sp³-hybridized carbons (Fsp3) is 0.600. The second kappa shape index (κ2) is 11.3. The van der Waals surface area contributed by atoms with Crippen molar-refractivity contribution in [3.63, 3.8) is 0 Å². The second-order valence-electron chi connectivity index (χ2n) is 14.6. The summed E-state index contributed by atoms with van der Waals surface area (Å²) in [5, 5.41) is 18.1. The van der Waals surface area contributed by atoms with Gasteiger partial charge in [-0.2, -0.15) is 10.2 Å². The molecule has 0 radical (unpaired) electrons. The number of aromatic nitrogens is 3. The van der Waals surface area contributed by atoms with Crippen LogP contribution >= 0.6 is 0 Å². The molecular formula is C35H41F3N8O2. The van der Waals surface area contributed by atoms with Crippen LogP contribution in [0.1, 0.15) is 79.9 Å². The smallest absolute Gasteiger partial charge is 0.251 e. The van der Waals surface area contributed by atoms with Gasteiger partial charge in [0, 0.05) is 61.9 Å². The zero-order valence-electron chi connectivity index (χ0n) is 27.4. The number of nitrogen functional groups attached to an aromatic ring is 1. The molecule has 1 saturated carbocycles. The van der Waals surface area contributed by atoms with Crippen molar-refractivity contribution in [3.05, 3.63) is 46.2 Å². The number of hydrogen-bond acceptors (Lipinski definition) is 10. The Morgan fingerprint density at radius 3 is 2.69 bits per heavy atom. The lowest BCUT2D eigenvalue weighted by Gasteiger charge is -2.53. The van der Waals surface area contributed by atoms with Crippen LogP contribution in [-0.2, 0) is 18.3 Å². The molecule has 2 saturated heterocycles. The lowest BCUT2D eigenvalue weighted by Crippen LogP contribution is -2.70. The van der Waals surface area contributed by atoms with Crippen LogP contribution in [-0.4, -0.2) is 83.0 Å². The predicted octanol–water partition coefficient (Wildman–Crippen LogP) is 4.93. The van der Waals surface area contributed by atoms with Crippen molar-refractivity contribution in [3.8, 4) is 23.5 Å². The van der Waals surface area contributed by atoms with Gasteiger partial charge in [0.25, 0.3) is 5.92 Å². The number of piperazine rings is 1. The number of likely N-dealkylation sites (tertiary alicyclic amines) is 1. The highest BCUT2D eigenvalue weighted by Gasteiger charge is 2.58. The second-order valence-corrected chi connectivity index (χ2v) is 14.6. The molecule has 5 aliphatic rings. The van der Waals surface area contributed by atoms with E-state index in [1.165, 1.54) is 0 Å². The minimum Gasteiger partial charge on any atom is -0.473 e. The maximum absolute atomic E-state index is 14.9. The minimum atomic E-state index is -2.68. The molecule has 3 N–H and O–H groups in total. The number of fused-ring (bicyclic) bond motifs is 4. The lowest BCUT2D eigenvalue weighted by atomic mass is 9.61. The molecule has 48 heavy (non-hydrogen) atoms. The normalized spacial score (nSPS) is 28.0. The molecule has 4 heterocycles. The number of rotatable bonds is 5. The van der Waals surface area contributed by atoms with E-state index in [0.29, 0.717) is 67.6 Å². The molecule has 13 heteroatoms. The molecule has 8 rings (SSSR count). The van der Waals surface area contributed by atoms with Crippen LogP contribution in [0.2, 0.25) is 0 Å². The number of ether oxygens (including phenoxy) is 1. The van der Waals surface area contributed by atoms with Crippen molar-refractivity contribution in [2.45, 2.75) is 99.9 Å². The van der Waals surface area contributed by atoms with Gasteiger partial charge >= 0.3 is 0 Å². The molecule has 3 aliphatic carbocycles. The summed E-state index contributed by atoms with van der Waals surface area (Å²) in [5.74, 6) is -0.839. The first-order valence-corrected chi connectivity index (χ1v) is 17.1. The Balaban J connectivity index is 1.21. The third-order valence-corrected chi connectivity index (χ3v) is 11.4. The number of anilines is 2. The molecule has 10 nitrogen and oxygen atoms in total. The third-order valence-electron chi connectivity index (χ3n) is 11.4. The topological polar surface area (TPSA) is 129 Å². The molecule has 0 amide bonds. The van der Waals surface area contributed by atoms with Gasteiger partial charge < -0.3 is 25.2 Å². The van der Waals surface area contributed by atoms with E-state index in [4.69, 9.17) is 25.0 Å². The van der Waals surface area contributed by atoms with Crippen LogP contribution in [0.3, 0.4) is 0 Å². The highest BCUT2D eigenvalue weighted by Crippen LogP contribution is 2.53. The fourth-order valence-corrected chi connectivity index (χ4v) is 9.40. The zero-order valence-corrected chi connectivity index (χ0v) is 27.4. The molecule has 2 aromatic heterocycles. The average molecular weight is 663 g/mol. The number of nitriles is 1. The Bertz CT molecular complexity index is 1770. The molecule has 1 aromatic carbocycles. The summed E-state index contributed by atoms with van der Waals surface area (Å²) in [5.41, 5.74) is 9.50. The van der Waals surface area contributed by atoms with Gasteiger partial charge in [0.05, 0.1) is 17.0 Å². The van der Waals surface area contributed by atoms with Crippen LogP contribution in [0.15, 0.2) is 22.7 Å². The Labute approximate surface area is 277 Å². The van der Waals surface area contributed by atoms with Crippen molar-refractivity contribution in [1.82, 2.24) is 25.3 Å².